The van der Waals surface area contributed by atoms with Crippen LogP contribution in [0.4, 0.5) is 41.5 Å². The number of anilines is 1. The van der Waals surface area contributed by atoms with Crippen molar-refractivity contribution < 1.29 is 92.2 Å². The summed E-state index contributed by atoms with van der Waals surface area (Å²) in [4.78, 5) is 64.6. The Hall–Kier alpha value is -5.88. The number of aliphatic carboxylic acids is 1. The maximum atomic E-state index is 14.3. The van der Waals surface area contributed by atoms with E-state index >= 15 is 0 Å². The van der Waals surface area contributed by atoms with Gasteiger partial charge in [0, 0.05) is 31.9 Å². The first-order valence-electron chi connectivity index (χ1n) is 21.1. The van der Waals surface area contributed by atoms with Crippen molar-refractivity contribution in [3.63, 3.8) is 0 Å². The van der Waals surface area contributed by atoms with Crippen LogP contribution in [0, 0.1) is 12.7 Å². The zero-order valence-electron chi connectivity index (χ0n) is 40.9. The normalized spacial score (nSPS) is 12.5. The van der Waals surface area contributed by atoms with Gasteiger partial charge in [-0.2, -0.15) is 46.4 Å². The predicted molar refractivity (Wildman–Crippen MR) is 269 cm³/mol. The monoisotopic (exact) mass is 1260 g/mol. The molecule has 0 saturated carbocycles. The molecule has 77 heavy (non-hydrogen) atoms. The minimum atomic E-state index is -4.69. The quantitative estimate of drug-likeness (QED) is 0.0322. The highest BCUT2D eigenvalue weighted by Crippen LogP contribution is 2.41. The highest BCUT2D eigenvalue weighted by molar-refractivity contribution is 9.10. The van der Waals surface area contributed by atoms with Gasteiger partial charge >= 0.3 is 42.3 Å². The predicted octanol–water partition coefficient (Wildman–Crippen LogP) is 9.81. The molecule has 2 unspecified atom stereocenters. The third-order valence-corrected chi connectivity index (χ3v) is 13.3. The average molecular weight is 1270 g/mol. The molecule has 0 aliphatic carbocycles. The Morgan fingerprint density at radius 1 is 0.935 bits per heavy atom. The van der Waals surface area contributed by atoms with Crippen LogP contribution in [0.25, 0.3) is 11.3 Å². The molecule has 424 valence electrons. The number of nitrogens with two attached hydrogens (primary N) is 1. The molecule has 2 heterocycles. The summed E-state index contributed by atoms with van der Waals surface area (Å²) in [6, 6.07) is 7.53. The lowest BCUT2D eigenvalue weighted by atomic mass is 10.1. The summed E-state index contributed by atoms with van der Waals surface area (Å²) in [7, 11) is -3.83. The second kappa shape index (κ2) is 28.7. The van der Waals surface area contributed by atoms with Crippen LogP contribution >= 0.6 is 58.1 Å². The molecule has 0 aliphatic heterocycles. The maximum Gasteiger partial charge on any atom is 0.434 e. The van der Waals surface area contributed by atoms with Crippen LogP contribution in [0.15, 0.2) is 57.9 Å². The van der Waals surface area contributed by atoms with Crippen molar-refractivity contribution in [1.82, 2.24) is 29.5 Å². The van der Waals surface area contributed by atoms with E-state index in [-0.39, 0.29) is 79.1 Å². The van der Waals surface area contributed by atoms with Crippen molar-refractivity contribution in [2.24, 2.45) is 12.8 Å². The van der Waals surface area contributed by atoms with Crippen LogP contribution in [0.5, 0.6) is 11.8 Å². The van der Waals surface area contributed by atoms with Crippen LogP contribution < -0.4 is 25.2 Å². The van der Waals surface area contributed by atoms with E-state index < -0.39 is 99.6 Å². The van der Waals surface area contributed by atoms with Crippen LogP contribution in [-0.2, 0) is 43.8 Å². The number of aromatic nitrogens is 5. The number of amides is 2. The molecule has 0 fully saturated rings. The first kappa shape index (κ1) is 67.2. The molecule has 34 heteroatoms. The first-order valence-corrected chi connectivity index (χ1v) is 26.8. The maximum absolute atomic E-state index is 14.3. The number of aryl methyl sites for hydroxylation is 3. The molecule has 0 radical (unpaired) electrons. The summed E-state index contributed by atoms with van der Waals surface area (Å²) in [5.74, 6) is -4.00. The Balaban J connectivity index is 0.000000376. The van der Waals surface area contributed by atoms with Gasteiger partial charge in [-0.05, 0) is 85.4 Å². The van der Waals surface area contributed by atoms with Gasteiger partial charge in [-0.25, -0.2) is 31.9 Å². The number of esters is 1. The topological polar surface area (TPSA) is 314 Å². The third kappa shape index (κ3) is 21.5. The highest BCUT2D eigenvalue weighted by Gasteiger charge is 2.39. The number of alkyl halides is 6. The number of nitrogens with zero attached hydrogens (tertiary/aromatic N) is 5. The fraction of sp³-hybridized carbons (Fsp3) is 0.349. The summed E-state index contributed by atoms with van der Waals surface area (Å²) in [6.45, 7) is 5.91. The van der Waals surface area contributed by atoms with E-state index in [1.807, 2.05) is 0 Å². The molecule has 3 aromatic carbocycles. The number of hydrogen-bond donors (Lipinski definition) is 6. The minimum Gasteiger partial charge on any atom is -0.494 e. The number of nitrogens with one attached hydrogen (secondary N) is 2. The number of aromatic carboxylic acids is 1. The molecule has 2 amide bonds. The third-order valence-electron chi connectivity index (χ3n) is 9.08. The molecule has 5 rings (SSSR count). The summed E-state index contributed by atoms with van der Waals surface area (Å²) in [5, 5.41) is 23.0. The van der Waals surface area contributed by atoms with E-state index in [1.165, 1.54) is 58.1 Å². The number of hydrogen-bond acceptors (Lipinski definition) is 15. The summed E-state index contributed by atoms with van der Waals surface area (Å²) in [6.07, 6.45) is -11.3. The number of carboxylic acid groups (broad SMARTS) is 2. The van der Waals surface area contributed by atoms with E-state index in [0.717, 1.165) is 25.2 Å². The van der Waals surface area contributed by atoms with Gasteiger partial charge in [0.1, 0.15) is 28.9 Å². The van der Waals surface area contributed by atoms with Crippen LogP contribution in [0.3, 0.4) is 0 Å². The number of urea groups is 1. The smallest absolute Gasteiger partial charge is 0.434 e. The second-order valence-electron chi connectivity index (χ2n) is 15.6. The van der Waals surface area contributed by atoms with Crippen LogP contribution in [0.2, 0.25) is 15.1 Å². The van der Waals surface area contributed by atoms with Crippen molar-refractivity contribution in [2.75, 3.05) is 32.4 Å². The van der Waals surface area contributed by atoms with E-state index in [9.17, 15) is 62.9 Å². The second-order valence-corrected chi connectivity index (χ2v) is 21.8. The van der Waals surface area contributed by atoms with E-state index in [0.29, 0.717) is 4.68 Å². The highest BCUT2D eigenvalue weighted by atomic mass is 79.9. The molecule has 0 aliphatic rings. The molecule has 5 aromatic rings. The molecular formula is C43H46BrCl3F7N8O13PS. The SMILES string of the molecule is CC(C)OC(=O)c1cc(-c2nn(C)c(C(F)(F)F)c2Br)c(F)cc1Cl.COc1c(Cl)ccc(Cl)c1C(=O)O.COc1nc(C)nc(NC(=O)NS(=O)(=O)c2ccccc2CCC(F)(F)F)n1.CP(=O)(O)CCC(N)C(=O)O. The molecule has 21 nitrogen and oxygen atoms in total. The number of carboxylic acids is 2. The number of carbonyl (C=O) groups excluding carboxylic acids is 2. The Bertz CT molecular complexity index is 3100. The molecule has 0 bridgehead atoms. The number of halogens is 11. The summed E-state index contributed by atoms with van der Waals surface area (Å²) >= 11 is 20.0. The summed E-state index contributed by atoms with van der Waals surface area (Å²) in [5.41, 5.74) is 3.05. The Morgan fingerprint density at radius 2 is 1.53 bits per heavy atom. The number of methoxy groups -OCH3 is 2. The van der Waals surface area contributed by atoms with E-state index in [2.05, 4.69) is 41.3 Å². The molecule has 2 atom stereocenters. The lowest BCUT2D eigenvalue weighted by Gasteiger charge is -2.13. The minimum absolute atomic E-state index is 0.0412. The van der Waals surface area contributed by atoms with Gasteiger partial charge in [0.25, 0.3) is 10.0 Å². The lowest BCUT2D eigenvalue weighted by Crippen LogP contribution is -2.35. The largest absolute Gasteiger partial charge is 0.494 e. The zero-order valence-corrected chi connectivity index (χ0v) is 46.4. The van der Waals surface area contributed by atoms with Crippen LogP contribution in [-0.4, -0.2) is 118 Å². The van der Waals surface area contributed by atoms with Crippen molar-refractivity contribution in [1.29, 1.82) is 0 Å². The van der Waals surface area contributed by atoms with Crippen LogP contribution in [0.1, 0.15) is 64.5 Å². The Labute approximate surface area is 457 Å². The molecule has 2 aromatic heterocycles. The standard InChI is InChI=1S/C15H12BrClF4N2O2.C15H16F3N5O4S.C8H6Cl2O3.C5H12NO4P/c1-6(2)25-14(24)7-4-8(10(18)5-9(7)17)12-11(16)13(15(19,20)21)23(3)22-12;1-9-19-12(22-14(20-9)27-2)21-13(24)23-28(25,26)11-6-4-3-5-10(11)7-8-15(16,17)18;1-13-7-5(10)3-2-4(9)6(7)8(11)12;1-11(9,10)3-2-4(6)5(7)8/h4-6H,1-3H3;3-6H,7-8H2,1-2H3,(H2,19,20,21,22,23,24);2-3H,1H3,(H,11,12);4H,2-3,6H2,1H3,(H,7,8)(H,9,10). The zero-order chi connectivity index (χ0) is 59.1. The van der Waals surface area contributed by atoms with Gasteiger partial charge in [-0.3, -0.25) is 19.4 Å². The van der Waals surface area contributed by atoms with E-state index in [1.54, 1.807) is 18.6 Å². The lowest BCUT2D eigenvalue weighted by molar-refractivity contribution is -0.144. The van der Waals surface area contributed by atoms with Gasteiger partial charge in [0.15, 0.2) is 18.8 Å². The van der Waals surface area contributed by atoms with Crippen molar-refractivity contribution in [2.45, 2.75) is 69.4 Å². The fourth-order valence-corrected chi connectivity index (χ4v) is 9.14. The molecule has 7 N–H and O–H groups in total. The number of ether oxygens (including phenoxy) is 3. The number of carbonyl (C=O) groups is 4. The summed E-state index contributed by atoms with van der Waals surface area (Å²) < 4.78 is 143. The average Bonchev–Trinajstić information content (AvgIpc) is 3.60. The molecular weight excluding hydrogens is 1220 g/mol. The van der Waals surface area contributed by atoms with Crippen molar-refractivity contribution in [3.05, 3.63) is 102 Å². The molecule has 0 saturated heterocycles. The number of benzene rings is 3. The number of sulfonamides is 1. The van der Waals surface area contributed by atoms with Crippen molar-refractivity contribution in [3.8, 4) is 23.0 Å². The Morgan fingerprint density at radius 3 is 2.03 bits per heavy atom. The van der Waals surface area contributed by atoms with E-state index in [4.69, 9.17) is 69.9 Å². The van der Waals surface area contributed by atoms with Gasteiger partial charge in [0.05, 0.1) is 50.3 Å². The fourth-order valence-electron chi connectivity index (χ4n) is 5.73. The molecule has 0 spiro atoms. The van der Waals surface area contributed by atoms with Gasteiger partial charge in [0.2, 0.25) is 5.95 Å². The van der Waals surface area contributed by atoms with Gasteiger partial charge < -0.3 is 35.1 Å². The number of rotatable bonds is 15. The Kier molecular flexibility index (Phi) is 25.0. The van der Waals surface area contributed by atoms with Gasteiger partial charge in [-0.1, -0.05) is 53.0 Å². The first-order chi connectivity index (χ1) is 35.3. The van der Waals surface area contributed by atoms with Gasteiger partial charge in [-0.15, -0.1) is 0 Å². The van der Waals surface area contributed by atoms with Crippen molar-refractivity contribution >= 4 is 98.0 Å².